The van der Waals surface area contributed by atoms with Gasteiger partial charge in [-0.1, -0.05) is 27.7 Å². The summed E-state index contributed by atoms with van der Waals surface area (Å²) in [4.78, 5) is 0. The third-order valence-electron chi connectivity index (χ3n) is 3.13. The zero-order valence-corrected chi connectivity index (χ0v) is 13.6. The third-order valence-corrected chi connectivity index (χ3v) is 3.13. The standard InChI is InChI=1S/C16H25.BF4/c1-11(2)14-7-8-15(12(3)4)10-16(9-14)13(5)6;2-1(3,4)5/h7-13H,1-6H3;/q+1;-1. The molecule has 0 aliphatic heterocycles. The monoisotopic (exact) mass is 304 g/mol. The van der Waals surface area contributed by atoms with Gasteiger partial charge in [-0.05, 0) is 19.8 Å². The molecular weight excluding hydrogens is 279 g/mol. The fourth-order valence-corrected chi connectivity index (χ4v) is 1.77. The maximum absolute atomic E-state index is 9.75. The molecule has 1 rings (SSSR count). The third kappa shape index (κ3) is 9.43. The van der Waals surface area contributed by atoms with Crippen LogP contribution in [0, 0.1) is 0 Å². The molecule has 0 saturated heterocycles. The van der Waals surface area contributed by atoms with Crippen LogP contribution in [-0.2, 0) is 0 Å². The van der Waals surface area contributed by atoms with E-state index in [1.165, 1.54) is 16.7 Å². The second-order valence-corrected chi connectivity index (χ2v) is 6.08. The van der Waals surface area contributed by atoms with Crippen molar-refractivity contribution in [3.8, 4) is 0 Å². The molecule has 120 valence electrons. The Morgan fingerprint density at radius 2 is 1.19 bits per heavy atom. The molecule has 21 heavy (non-hydrogen) atoms. The van der Waals surface area contributed by atoms with Crippen molar-refractivity contribution in [3.05, 3.63) is 41.0 Å². The topological polar surface area (TPSA) is 0 Å². The summed E-state index contributed by atoms with van der Waals surface area (Å²) in [5, 5.41) is 0. The first-order chi connectivity index (χ1) is 9.41. The summed E-state index contributed by atoms with van der Waals surface area (Å²) >= 11 is 0. The van der Waals surface area contributed by atoms with E-state index in [4.69, 9.17) is 0 Å². The molecule has 5 heteroatoms. The number of rotatable bonds is 3. The van der Waals surface area contributed by atoms with E-state index in [0.717, 1.165) is 0 Å². The summed E-state index contributed by atoms with van der Waals surface area (Å²) in [5.74, 6) is 1.80. The molecule has 0 aliphatic carbocycles. The molecular formula is C16H25BF4. The van der Waals surface area contributed by atoms with Gasteiger partial charge in [0.25, 0.3) is 0 Å². The van der Waals surface area contributed by atoms with Crippen LogP contribution in [0.25, 0.3) is 0 Å². The zero-order chi connectivity index (χ0) is 16.8. The van der Waals surface area contributed by atoms with Crippen molar-refractivity contribution in [2.45, 2.75) is 59.3 Å². The lowest BCUT2D eigenvalue weighted by molar-refractivity contribution is 0.368. The smallest absolute Gasteiger partial charge is 0.418 e. The second-order valence-electron chi connectivity index (χ2n) is 6.08. The van der Waals surface area contributed by atoms with Crippen LogP contribution in [0.4, 0.5) is 17.3 Å². The van der Waals surface area contributed by atoms with Crippen molar-refractivity contribution in [2.75, 3.05) is 0 Å². The molecule has 0 radical (unpaired) electrons. The highest BCUT2D eigenvalue weighted by Gasteiger charge is 2.20. The van der Waals surface area contributed by atoms with Gasteiger partial charge in [0.15, 0.2) is 0 Å². The van der Waals surface area contributed by atoms with Gasteiger partial charge in [-0.15, -0.1) is 0 Å². The van der Waals surface area contributed by atoms with E-state index in [1.54, 1.807) is 0 Å². The lowest BCUT2D eigenvalue weighted by Crippen LogP contribution is -2.02. The highest BCUT2D eigenvalue weighted by molar-refractivity contribution is 6.50. The second kappa shape index (κ2) is 8.35. The first-order valence-corrected chi connectivity index (χ1v) is 7.27. The first kappa shape index (κ1) is 19.9. The predicted octanol–water partition coefficient (Wildman–Crippen LogP) is 6.64. The summed E-state index contributed by atoms with van der Waals surface area (Å²) < 4.78 is 39.0. The molecule has 0 amide bonds. The quantitative estimate of drug-likeness (QED) is 0.333. The van der Waals surface area contributed by atoms with Crippen molar-refractivity contribution < 1.29 is 17.3 Å². The summed E-state index contributed by atoms with van der Waals surface area (Å²) in [6.45, 7) is 13.6. The molecule has 1 aromatic carbocycles. The fourth-order valence-electron chi connectivity index (χ4n) is 1.77. The van der Waals surface area contributed by atoms with Gasteiger partial charge in [-0.2, -0.15) is 0 Å². The van der Waals surface area contributed by atoms with Crippen LogP contribution in [-0.4, -0.2) is 7.25 Å². The van der Waals surface area contributed by atoms with Crippen LogP contribution in [0.3, 0.4) is 0 Å². The molecule has 0 N–H and O–H groups in total. The van der Waals surface area contributed by atoms with E-state index >= 15 is 0 Å². The minimum absolute atomic E-state index is 0.599. The van der Waals surface area contributed by atoms with Crippen molar-refractivity contribution in [2.24, 2.45) is 0 Å². The van der Waals surface area contributed by atoms with Gasteiger partial charge in [-0.25, -0.2) is 0 Å². The van der Waals surface area contributed by atoms with Crippen LogP contribution < -0.4 is 0 Å². The SMILES string of the molecule is CC(C)c1c[cH+]c(C(C)C)cc(C(C)C)c1.F[B-](F)(F)F. The summed E-state index contributed by atoms with van der Waals surface area (Å²) in [5.41, 5.74) is 4.34. The Kier molecular flexibility index (Phi) is 7.90. The zero-order valence-electron chi connectivity index (χ0n) is 13.6. The van der Waals surface area contributed by atoms with Crippen molar-refractivity contribution in [1.29, 1.82) is 0 Å². The van der Waals surface area contributed by atoms with Crippen molar-refractivity contribution in [1.82, 2.24) is 0 Å². The molecule has 0 unspecified atom stereocenters. The van der Waals surface area contributed by atoms with Crippen LogP contribution in [0.1, 0.15) is 76.0 Å². The Bertz CT molecular complexity index is 406. The van der Waals surface area contributed by atoms with Gasteiger partial charge >= 0.3 is 7.25 Å². The van der Waals surface area contributed by atoms with E-state index in [-0.39, 0.29) is 0 Å². The lowest BCUT2D eigenvalue weighted by Gasteiger charge is -2.02. The summed E-state index contributed by atoms with van der Waals surface area (Å²) in [6.07, 6.45) is 0. The maximum atomic E-state index is 9.75. The first-order valence-electron chi connectivity index (χ1n) is 7.27. The molecule has 1 aromatic rings. The molecule has 0 fully saturated rings. The van der Waals surface area contributed by atoms with E-state index < -0.39 is 7.25 Å². The average molecular weight is 304 g/mol. The lowest BCUT2D eigenvalue weighted by atomic mass is 9.98. The molecule has 0 heterocycles. The molecule has 0 aromatic heterocycles. The molecule has 0 bridgehead atoms. The molecule has 0 nitrogen and oxygen atoms in total. The van der Waals surface area contributed by atoms with Gasteiger partial charge in [0.1, 0.15) is 0 Å². The Morgan fingerprint density at radius 1 is 0.762 bits per heavy atom. The van der Waals surface area contributed by atoms with Crippen LogP contribution in [0.15, 0.2) is 24.3 Å². The molecule has 0 aliphatic rings. The van der Waals surface area contributed by atoms with E-state index in [2.05, 4.69) is 65.8 Å². The minimum atomic E-state index is -6.00. The molecule has 0 atom stereocenters. The van der Waals surface area contributed by atoms with Gasteiger partial charge in [-0.3, -0.25) is 0 Å². The van der Waals surface area contributed by atoms with E-state index in [1.807, 2.05) is 0 Å². The minimum Gasteiger partial charge on any atom is -0.418 e. The van der Waals surface area contributed by atoms with Crippen molar-refractivity contribution in [3.63, 3.8) is 0 Å². The largest absolute Gasteiger partial charge is 0.673 e. The highest BCUT2D eigenvalue weighted by Crippen LogP contribution is 2.24. The highest BCUT2D eigenvalue weighted by atomic mass is 19.5. The number of halogens is 4. The predicted molar refractivity (Wildman–Crippen MR) is 83.3 cm³/mol. The Hall–Kier alpha value is -1.13. The maximum Gasteiger partial charge on any atom is 0.673 e. The van der Waals surface area contributed by atoms with Gasteiger partial charge < -0.3 is 17.3 Å². The van der Waals surface area contributed by atoms with Crippen molar-refractivity contribution >= 4 is 7.25 Å². The molecule has 0 spiro atoms. The van der Waals surface area contributed by atoms with Crippen LogP contribution in [0.5, 0.6) is 0 Å². The Balaban J connectivity index is 0.000000690. The Labute approximate surface area is 125 Å². The van der Waals surface area contributed by atoms with Crippen LogP contribution >= 0.6 is 0 Å². The molecule has 0 saturated carbocycles. The van der Waals surface area contributed by atoms with Gasteiger partial charge in [0, 0.05) is 41.2 Å². The Morgan fingerprint density at radius 3 is 1.52 bits per heavy atom. The fraction of sp³-hybridized carbons (Fsp3) is 0.562. The number of hydrogen-bond donors (Lipinski definition) is 0. The normalized spacial score (nSPS) is 11.7. The van der Waals surface area contributed by atoms with Crippen LogP contribution in [0.2, 0.25) is 0 Å². The average Bonchev–Trinajstić information content (AvgIpc) is 2.48. The van der Waals surface area contributed by atoms with Gasteiger partial charge in [0.2, 0.25) is 0 Å². The van der Waals surface area contributed by atoms with E-state index in [0.29, 0.717) is 17.8 Å². The summed E-state index contributed by atoms with van der Waals surface area (Å²) in [7, 11) is -6.00. The summed E-state index contributed by atoms with van der Waals surface area (Å²) in [6, 6.07) is 9.29. The number of hydrogen-bond acceptors (Lipinski definition) is 0. The van der Waals surface area contributed by atoms with Gasteiger partial charge in [0.05, 0.1) is 11.6 Å². The van der Waals surface area contributed by atoms with E-state index in [9.17, 15) is 17.3 Å².